The fourth-order valence-corrected chi connectivity index (χ4v) is 5.45. The van der Waals surface area contributed by atoms with Crippen molar-refractivity contribution in [3.63, 3.8) is 0 Å². The molecular formula is C21H24Cl2N2O3S. The van der Waals surface area contributed by atoms with E-state index in [1.54, 1.807) is 4.90 Å². The third kappa shape index (κ3) is 5.51. The van der Waals surface area contributed by atoms with E-state index in [4.69, 9.17) is 23.2 Å². The van der Waals surface area contributed by atoms with E-state index in [1.807, 2.05) is 30.3 Å². The summed E-state index contributed by atoms with van der Waals surface area (Å²) < 4.78 is 28.0. The van der Waals surface area contributed by atoms with Gasteiger partial charge in [-0.25, -0.2) is 8.42 Å². The van der Waals surface area contributed by atoms with E-state index in [1.165, 1.54) is 22.5 Å². The number of hydrogen-bond donors (Lipinski definition) is 0. The first kappa shape index (κ1) is 22.1. The lowest BCUT2D eigenvalue weighted by Crippen LogP contribution is -2.45. The van der Waals surface area contributed by atoms with Gasteiger partial charge in [0.15, 0.2) is 0 Å². The molecule has 3 rings (SSSR count). The quantitative estimate of drug-likeness (QED) is 0.647. The third-order valence-corrected chi connectivity index (χ3v) is 7.67. The molecule has 0 aliphatic carbocycles. The second-order valence-electron chi connectivity index (χ2n) is 7.40. The van der Waals surface area contributed by atoms with Gasteiger partial charge >= 0.3 is 0 Å². The minimum atomic E-state index is -4.03. The highest BCUT2D eigenvalue weighted by Gasteiger charge is 2.31. The van der Waals surface area contributed by atoms with E-state index in [9.17, 15) is 13.2 Å². The predicted molar refractivity (Wildman–Crippen MR) is 115 cm³/mol. The zero-order valence-corrected chi connectivity index (χ0v) is 18.6. The van der Waals surface area contributed by atoms with Gasteiger partial charge in [0.2, 0.25) is 15.9 Å². The zero-order chi connectivity index (χ0) is 21.0. The summed E-state index contributed by atoms with van der Waals surface area (Å²) in [6.07, 6.45) is 1.86. The summed E-state index contributed by atoms with van der Waals surface area (Å²) in [6, 6.07) is 13.5. The first-order chi connectivity index (χ1) is 13.8. The van der Waals surface area contributed by atoms with Crippen LogP contribution in [0.25, 0.3) is 0 Å². The van der Waals surface area contributed by atoms with Crippen LogP contribution in [0.4, 0.5) is 0 Å². The average molecular weight is 455 g/mol. The van der Waals surface area contributed by atoms with E-state index in [2.05, 4.69) is 6.92 Å². The molecule has 1 fully saturated rings. The van der Waals surface area contributed by atoms with Crippen LogP contribution < -0.4 is 0 Å². The molecule has 0 atom stereocenters. The number of amides is 1. The molecule has 2 aromatic carbocycles. The number of benzene rings is 2. The summed E-state index contributed by atoms with van der Waals surface area (Å²) >= 11 is 12.2. The van der Waals surface area contributed by atoms with Gasteiger partial charge in [-0.1, -0.05) is 60.5 Å². The van der Waals surface area contributed by atoms with Crippen molar-refractivity contribution in [3.05, 3.63) is 64.1 Å². The molecule has 1 saturated heterocycles. The van der Waals surface area contributed by atoms with Crippen molar-refractivity contribution >= 4 is 39.1 Å². The van der Waals surface area contributed by atoms with Crippen LogP contribution in [0.2, 0.25) is 10.0 Å². The fourth-order valence-electron chi connectivity index (χ4n) is 3.34. The van der Waals surface area contributed by atoms with Crippen LogP contribution in [-0.4, -0.2) is 43.2 Å². The minimum absolute atomic E-state index is 0.0714. The average Bonchev–Trinajstić information content (AvgIpc) is 2.70. The van der Waals surface area contributed by atoms with Crippen molar-refractivity contribution in [3.8, 4) is 0 Å². The van der Waals surface area contributed by atoms with E-state index in [0.29, 0.717) is 19.0 Å². The molecule has 1 heterocycles. The summed E-state index contributed by atoms with van der Waals surface area (Å²) in [5.74, 6) is 0.378. The van der Waals surface area contributed by atoms with Crippen LogP contribution in [0, 0.1) is 5.92 Å². The second-order valence-corrected chi connectivity index (χ2v) is 10.1. The molecule has 0 N–H and O–H groups in total. The van der Waals surface area contributed by atoms with Crippen LogP contribution >= 0.6 is 23.2 Å². The van der Waals surface area contributed by atoms with Crippen LogP contribution in [0.15, 0.2) is 53.4 Å². The lowest BCUT2D eigenvalue weighted by molar-refractivity contribution is -0.132. The van der Waals surface area contributed by atoms with Gasteiger partial charge in [-0.2, -0.15) is 4.31 Å². The molecule has 1 aliphatic heterocycles. The Labute approximate surface area is 182 Å². The highest BCUT2D eigenvalue weighted by atomic mass is 35.5. The Bertz CT molecular complexity index is 959. The van der Waals surface area contributed by atoms with Gasteiger partial charge in [0.1, 0.15) is 4.90 Å². The molecule has 2 aromatic rings. The number of piperidine rings is 1. The maximum Gasteiger partial charge on any atom is 0.245 e. The summed E-state index contributed by atoms with van der Waals surface area (Å²) in [7, 11) is -4.03. The van der Waals surface area contributed by atoms with Gasteiger partial charge in [0.25, 0.3) is 0 Å². The number of carbonyl (C=O) groups is 1. The highest BCUT2D eigenvalue weighted by molar-refractivity contribution is 7.89. The molecule has 5 nitrogen and oxygen atoms in total. The molecule has 29 heavy (non-hydrogen) atoms. The van der Waals surface area contributed by atoms with Crippen LogP contribution in [0.1, 0.15) is 25.3 Å². The standard InChI is InChI=1S/C21H24Cl2N2O3S/c1-16-9-11-24(12-10-16)21(26)15-25(14-17-5-3-2-4-6-17)29(27,28)20-13-18(22)7-8-19(20)23/h2-8,13,16H,9-12,14-15H2,1H3. The number of sulfonamides is 1. The molecule has 1 amide bonds. The number of rotatable bonds is 6. The first-order valence-corrected chi connectivity index (χ1v) is 11.7. The van der Waals surface area contributed by atoms with Gasteiger partial charge in [0.05, 0.1) is 11.6 Å². The van der Waals surface area contributed by atoms with Crippen molar-refractivity contribution in [2.75, 3.05) is 19.6 Å². The predicted octanol–water partition coefficient (Wildman–Crippen LogP) is 4.44. The molecule has 156 valence electrons. The smallest absolute Gasteiger partial charge is 0.245 e. The normalized spacial score (nSPS) is 15.7. The fraction of sp³-hybridized carbons (Fsp3) is 0.381. The third-order valence-electron chi connectivity index (χ3n) is 5.16. The van der Waals surface area contributed by atoms with E-state index >= 15 is 0 Å². The monoisotopic (exact) mass is 454 g/mol. The van der Waals surface area contributed by atoms with Crippen molar-refractivity contribution in [2.45, 2.75) is 31.2 Å². The Balaban J connectivity index is 1.90. The largest absolute Gasteiger partial charge is 0.342 e. The van der Waals surface area contributed by atoms with Gasteiger partial charge in [-0.15, -0.1) is 0 Å². The van der Waals surface area contributed by atoms with Crippen molar-refractivity contribution in [2.24, 2.45) is 5.92 Å². The zero-order valence-electron chi connectivity index (χ0n) is 16.2. The van der Waals surface area contributed by atoms with Gasteiger partial charge < -0.3 is 4.90 Å². The number of nitrogens with zero attached hydrogens (tertiary/aromatic N) is 2. The molecule has 8 heteroatoms. The molecule has 0 bridgehead atoms. The van der Waals surface area contributed by atoms with Crippen LogP contribution in [0.3, 0.4) is 0 Å². The van der Waals surface area contributed by atoms with E-state index in [-0.39, 0.29) is 33.9 Å². The summed E-state index contributed by atoms with van der Waals surface area (Å²) in [4.78, 5) is 14.5. The van der Waals surface area contributed by atoms with Crippen molar-refractivity contribution in [1.29, 1.82) is 0 Å². The number of halogens is 2. The van der Waals surface area contributed by atoms with Crippen molar-refractivity contribution in [1.82, 2.24) is 9.21 Å². The Morgan fingerprint density at radius 1 is 1.10 bits per heavy atom. The van der Waals surface area contributed by atoms with Crippen LogP contribution in [-0.2, 0) is 21.4 Å². The maximum absolute atomic E-state index is 13.4. The molecule has 0 unspecified atom stereocenters. The Morgan fingerprint density at radius 2 is 1.76 bits per heavy atom. The molecular weight excluding hydrogens is 431 g/mol. The maximum atomic E-state index is 13.4. The number of likely N-dealkylation sites (tertiary alicyclic amines) is 1. The van der Waals surface area contributed by atoms with Gasteiger partial charge in [-0.3, -0.25) is 4.79 Å². The molecule has 0 spiro atoms. The lowest BCUT2D eigenvalue weighted by atomic mass is 9.99. The molecule has 0 radical (unpaired) electrons. The minimum Gasteiger partial charge on any atom is -0.342 e. The van der Waals surface area contributed by atoms with Gasteiger partial charge in [0, 0.05) is 24.7 Å². The number of hydrogen-bond acceptors (Lipinski definition) is 3. The SMILES string of the molecule is CC1CCN(C(=O)CN(Cc2ccccc2)S(=O)(=O)c2cc(Cl)ccc2Cl)CC1. The molecule has 1 aliphatic rings. The Morgan fingerprint density at radius 3 is 2.41 bits per heavy atom. The van der Waals surface area contributed by atoms with Crippen molar-refractivity contribution < 1.29 is 13.2 Å². The first-order valence-electron chi connectivity index (χ1n) is 9.54. The topological polar surface area (TPSA) is 57.7 Å². The highest BCUT2D eigenvalue weighted by Crippen LogP contribution is 2.29. The van der Waals surface area contributed by atoms with E-state index < -0.39 is 10.0 Å². The second kappa shape index (κ2) is 9.47. The summed E-state index contributed by atoms with van der Waals surface area (Å²) in [5.41, 5.74) is 0.786. The Kier molecular flexibility index (Phi) is 7.22. The lowest BCUT2D eigenvalue weighted by Gasteiger charge is -2.32. The summed E-state index contributed by atoms with van der Waals surface area (Å²) in [6.45, 7) is 3.29. The molecule has 0 aromatic heterocycles. The number of carbonyl (C=O) groups excluding carboxylic acids is 1. The molecule has 0 saturated carbocycles. The van der Waals surface area contributed by atoms with Gasteiger partial charge in [-0.05, 0) is 42.5 Å². The summed E-state index contributed by atoms with van der Waals surface area (Å²) in [5, 5.41) is 0.343. The Hall–Kier alpha value is -1.60. The van der Waals surface area contributed by atoms with E-state index in [0.717, 1.165) is 18.4 Å². The van der Waals surface area contributed by atoms with Crippen LogP contribution in [0.5, 0.6) is 0 Å².